The summed E-state index contributed by atoms with van der Waals surface area (Å²) in [4.78, 5) is 0. The zero-order chi connectivity index (χ0) is 39.1. The molecule has 7 aliphatic rings. The number of rotatable bonds is 10. The van der Waals surface area contributed by atoms with E-state index in [-0.39, 0.29) is 41.8 Å². The quantitative estimate of drug-likeness (QED) is 0.123. The van der Waals surface area contributed by atoms with Crippen molar-refractivity contribution in [2.24, 2.45) is 46.3 Å². The molecule has 0 spiro atoms. The molecular formula is C39H64O15. The van der Waals surface area contributed by atoms with Crippen molar-refractivity contribution in [3.05, 3.63) is 11.6 Å². The second-order valence-electron chi connectivity index (χ2n) is 18.3. The number of hydrogen-bond acceptors (Lipinski definition) is 15. The van der Waals surface area contributed by atoms with Crippen LogP contribution in [0.3, 0.4) is 0 Å². The van der Waals surface area contributed by atoms with Crippen LogP contribution in [0.2, 0.25) is 0 Å². The summed E-state index contributed by atoms with van der Waals surface area (Å²) in [5.74, 6) is -0.365. The third-order valence-electron chi connectivity index (χ3n) is 15.4. The highest BCUT2D eigenvalue weighted by atomic mass is 16.7. The summed E-state index contributed by atoms with van der Waals surface area (Å²) < 4.78 is 29.6. The minimum absolute atomic E-state index is 0.0514. The Morgan fingerprint density at radius 2 is 1.48 bits per heavy atom. The first kappa shape index (κ1) is 41.3. The van der Waals surface area contributed by atoms with Gasteiger partial charge < -0.3 is 74.7 Å². The van der Waals surface area contributed by atoms with Gasteiger partial charge in [-0.05, 0) is 73.5 Å². The van der Waals surface area contributed by atoms with Gasteiger partial charge in [-0.15, -0.1) is 0 Å². The molecule has 4 aliphatic carbocycles. The van der Waals surface area contributed by atoms with E-state index in [9.17, 15) is 51.1 Å². The maximum absolute atomic E-state index is 12.0. The minimum Gasteiger partial charge on any atom is -0.394 e. The lowest BCUT2D eigenvalue weighted by Crippen LogP contribution is -2.60. The van der Waals surface area contributed by atoms with Crippen molar-refractivity contribution in [1.82, 2.24) is 0 Å². The van der Waals surface area contributed by atoms with E-state index in [1.165, 1.54) is 0 Å². The zero-order valence-electron chi connectivity index (χ0n) is 31.8. The van der Waals surface area contributed by atoms with E-state index in [2.05, 4.69) is 26.8 Å². The highest BCUT2D eigenvalue weighted by Crippen LogP contribution is 2.70. The van der Waals surface area contributed by atoms with E-state index in [4.69, 9.17) is 23.7 Å². The Bertz CT molecular complexity index is 1350. The molecule has 0 aromatic rings. The van der Waals surface area contributed by atoms with Crippen molar-refractivity contribution in [3.63, 3.8) is 0 Å². The second-order valence-corrected chi connectivity index (χ2v) is 18.3. The number of aliphatic hydroxyl groups is 10. The zero-order valence-corrected chi connectivity index (χ0v) is 31.8. The molecule has 9 unspecified atom stereocenters. The lowest BCUT2D eigenvalue weighted by Gasteiger charge is -2.60. The second kappa shape index (κ2) is 15.4. The number of aliphatic hydroxyl groups excluding tert-OH is 9. The van der Waals surface area contributed by atoms with Gasteiger partial charge in [-0.2, -0.15) is 0 Å². The van der Waals surface area contributed by atoms with Gasteiger partial charge in [-0.25, -0.2) is 0 Å². The molecule has 22 atom stereocenters. The standard InChI is InChI=1S/C39H64O15/c1-17(16-50-35-33(47)31(45)29(43)25(14-40)52-35)7-10-39(49)18(2)28-24(54-39)13-23-21-6-5-19-11-20(51-36-34(48)32(46)30(44)26(15-41)53-36)12-27(42)38(19,4)22(21)8-9-37(23,28)3/h5,17-18,20-36,40-49H,6-16H2,1-4H3/t17?,18-,20?,21?,22?,23?,24?,25+,26+,27?,28?,29+,30+,31-,32-,33+,34+,35+,36+,37-,38-,39?/m0/s1. The summed E-state index contributed by atoms with van der Waals surface area (Å²) in [5.41, 5.74) is 0.615. The average Bonchev–Trinajstić information content (AvgIpc) is 3.58. The average molecular weight is 773 g/mol. The third kappa shape index (κ3) is 6.74. The summed E-state index contributed by atoms with van der Waals surface area (Å²) in [5, 5.41) is 104. The van der Waals surface area contributed by atoms with E-state index in [1.807, 2.05) is 6.92 Å². The fraction of sp³-hybridized carbons (Fsp3) is 0.949. The minimum atomic E-state index is -1.53. The van der Waals surface area contributed by atoms with Gasteiger partial charge in [0.1, 0.15) is 48.8 Å². The van der Waals surface area contributed by atoms with Crippen LogP contribution in [0.1, 0.15) is 79.1 Å². The first-order valence-electron chi connectivity index (χ1n) is 20.1. The fourth-order valence-corrected chi connectivity index (χ4v) is 12.1. The Balaban J connectivity index is 0.965. The molecular weight excluding hydrogens is 708 g/mol. The fourth-order valence-electron chi connectivity index (χ4n) is 12.1. The number of allylic oxidation sites excluding steroid dienone is 1. The summed E-state index contributed by atoms with van der Waals surface area (Å²) >= 11 is 0. The molecule has 15 nitrogen and oxygen atoms in total. The third-order valence-corrected chi connectivity index (χ3v) is 15.4. The molecule has 0 bridgehead atoms. The Labute approximate surface area is 316 Å². The van der Waals surface area contributed by atoms with Crippen LogP contribution in [-0.4, -0.2) is 156 Å². The van der Waals surface area contributed by atoms with E-state index < -0.39 is 98.0 Å². The van der Waals surface area contributed by atoms with Gasteiger partial charge in [0.05, 0.1) is 38.1 Å². The van der Waals surface area contributed by atoms with Crippen LogP contribution in [0, 0.1) is 46.3 Å². The van der Waals surface area contributed by atoms with Crippen molar-refractivity contribution in [1.29, 1.82) is 0 Å². The monoisotopic (exact) mass is 772 g/mol. The molecule has 6 fully saturated rings. The van der Waals surface area contributed by atoms with Crippen molar-refractivity contribution in [3.8, 4) is 0 Å². The van der Waals surface area contributed by atoms with Crippen molar-refractivity contribution >= 4 is 0 Å². The van der Waals surface area contributed by atoms with Gasteiger partial charge in [-0.1, -0.05) is 39.3 Å². The topological polar surface area (TPSA) is 248 Å². The maximum atomic E-state index is 12.0. The van der Waals surface area contributed by atoms with E-state index in [0.717, 1.165) is 31.3 Å². The predicted molar refractivity (Wildman–Crippen MR) is 188 cm³/mol. The molecule has 3 saturated heterocycles. The summed E-state index contributed by atoms with van der Waals surface area (Å²) in [6, 6.07) is 0. The molecule has 0 aromatic heterocycles. The molecule has 0 amide bonds. The lowest BCUT2D eigenvalue weighted by molar-refractivity contribution is -0.315. The van der Waals surface area contributed by atoms with Gasteiger partial charge in [0, 0.05) is 24.2 Å². The smallest absolute Gasteiger partial charge is 0.186 e. The van der Waals surface area contributed by atoms with Gasteiger partial charge in [0.15, 0.2) is 18.4 Å². The molecule has 54 heavy (non-hydrogen) atoms. The van der Waals surface area contributed by atoms with Gasteiger partial charge in [0.2, 0.25) is 0 Å². The molecule has 310 valence electrons. The predicted octanol–water partition coefficient (Wildman–Crippen LogP) is -0.712. The van der Waals surface area contributed by atoms with E-state index in [0.29, 0.717) is 37.5 Å². The molecule has 3 saturated carbocycles. The molecule has 10 N–H and O–H groups in total. The highest BCUT2D eigenvalue weighted by Gasteiger charge is 2.68. The van der Waals surface area contributed by atoms with Crippen LogP contribution in [0.15, 0.2) is 11.6 Å². The van der Waals surface area contributed by atoms with Gasteiger partial charge >= 0.3 is 0 Å². The molecule has 0 radical (unpaired) electrons. The van der Waals surface area contributed by atoms with Crippen LogP contribution in [0.4, 0.5) is 0 Å². The number of fused-ring (bicyclic) bond motifs is 7. The summed E-state index contributed by atoms with van der Waals surface area (Å²) in [7, 11) is 0. The normalized spacial score (nSPS) is 55.0. The van der Waals surface area contributed by atoms with Crippen LogP contribution in [0.5, 0.6) is 0 Å². The Morgan fingerprint density at radius 3 is 2.13 bits per heavy atom. The van der Waals surface area contributed by atoms with Crippen molar-refractivity contribution < 1.29 is 74.7 Å². The first-order valence-corrected chi connectivity index (χ1v) is 20.1. The van der Waals surface area contributed by atoms with Crippen LogP contribution < -0.4 is 0 Å². The SMILES string of the molecule is CC(CCC1(O)OC2CC3C4CC=C5CC(O[C@@H]6O[C@H](CO)[C@@H](O)[C@H](O)[C@H]6O)CC(O)[C@]5(C)C4CC[C@]3(C)C2[C@@H]1C)CO[C@@H]1O[C@H](CO)[C@@H](O)[C@H](O)[C@H]1O. The Morgan fingerprint density at radius 1 is 0.852 bits per heavy atom. The largest absolute Gasteiger partial charge is 0.394 e. The Hall–Kier alpha value is -0.860. The van der Waals surface area contributed by atoms with Crippen molar-refractivity contribution in [2.75, 3.05) is 19.8 Å². The van der Waals surface area contributed by atoms with Crippen LogP contribution in [0.25, 0.3) is 0 Å². The van der Waals surface area contributed by atoms with Gasteiger partial charge in [-0.3, -0.25) is 0 Å². The van der Waals surface area contributed by atoms with Crippen LogP contribution >= 0.6 is 0 Å². The lowest BCUT2D eigenvalue weighted by atomic mass is 9.46. The number of ether oxygens (including phenoxy) is 5. The van der Waals surface area contributed by atoms with Gasteiger partial charge in [0.25, 0.3) is 0 Å². The summed E-state index contributed by atoms with van der Waals surface area (Å²) in [6.45, 7) is 7.69. The molecule has 3 heterocycles. The van der Waals surface area contributed by atoms with E-state index >= 15 is 0 Å². The van der Waals surface area contributed by atoms with Crippen molar-refractivity contribution in [2.45, 2.75) is 165 Å². The molecule has 7 rings (SSSR count). The summed E-state index contributed by atoms with van der Waals surface area (Å²) in [6.07, 6.45) is -7.09. The Kier molecular flexibility index (Phi) is 11.8. The number of hydrogen-bond donors (Lipinski definition) is 10. The van der Waals surface area contributed by atoms with Crippen LogP contribution in [-0.2, 0) is 23.7 Å². The molecule has 3 aliphatic heterocycles. The first-order chi connectivity index (χ1) is 25.5. The maximum Gasteiger partial charge on any atom is 0.186 e. The highest BCUT2D eigenvalue weighted by molar-refractivity contribution is 5.28. The molecule has 0 aromatic carbocycles. The van der Waals surface area contributed by atoms with E-state index in [1.54, 1.807) is 0 Å². The molecule has 15 heteroatoms.